The number of amides is 2. The molecule has 0 aromatic carbocycles. The van der Waals surface area contributed by atoms with E-state index in [4.69, 9.17) is 15.6 Å². The Morgan fingerprint density at radius 1 is 0.621 bits per heavy atom. The Balaban J connectivity index is 2.98. The van der Waals surface area contributed by atoms with Gasteiger partial charge in [-0.2, -0.15) is 0 Å². The molecule has 1 heterocycles. The Bertz CT molecular complexity index is 1100. The molecule has 8 N–H and O–H groups in total. The summed E-state index contributed by atoms with van der Waals surface area (Å²) in [5.74, 6) is -7.00. The summed E-state index contributed by atoms with van der Waals surface area (Å²) in [4.78, 5) is 53.1. The van der Waals surface area contributed by atoms with Crippen LogP contribution in [-0.4, -0.2) is 104 Å². The molecule has 0 aliphatic carbocycles. The molecule has 1 saturated heterocycles. The maximum atomic E-state index is 14.1. The lowest BCUT2D eigenvalue weighted by Crippen LogP contribution is -2.76. The number of rotatable bonds is 38. The number of Topliss-reactive ketones (excluding diaryl/α,β-unsaturated/α-hetero) is 1. The van der Waals surface area contributed by atoms with E-state index in [1.54, 1.807) is 0 Å². The molecular weight excluding hydrogens is 743 g/mol. The van der Waals surface area contributed by atoms with Gasteiger partial charge in [0.25, 0.3) is 0 Å². The number of nitrogens with two attached hydrogens (primary N) is 1. The highest BCUT2D eigenvalue weighted by molar-refractivity contribution is 5.92. The van der Waals surface area contributed by atoms with E-state index in [-0.39, 0.29) is 44.6 Å². The van der Waals surface area contributed by atoms with E-state index in [0.717, 1.165) is 51.4 Å². The zero-order valence-electron chi connectivity index (χ0n) is 36.5. The van der Waals surface area contributed by atoms with Crippen molar-refractivity contribution in [2.45, 2.75) is 237 Å². The largest absolute Gasteiger partial charge is 0.481 e. The van der Waals surface area contributed by atoms with Crippen LogP contribution in [0.1, 0.15) is 206 Å². The number of carbonyl (C=O) groups is 4. The number of carboxylic acids is 1. The van der Waals surface area contributed by atoms with Gasteiger partial charge < -0.3 is 40.5 Å². The van der Waals surface area contributed by atoms with Crippen molar-refractivity contribution in [2.75, 3.05) is 19.8 Å². The summed E-state index contributed by atoms with van der Waals surface area (Å²) in [5.41, 5.74) is 6.92. The normalized spacial score (nSPS) is 21.2. The van der Waals surface area contributed by atoms with Crippen molar-refractivity contribution in [1.29, 1.82) is 0 Å². The van der Waals surface area contributed by atoms with Crippen LogP contribution in [0.15, 0.2) is 0 Å². The summed E-state index contributed by atoms with van der Waals surface area (Å²) in [5, 5.41) is 54.0. The number of carbonyl (C=O) groups excluding carboxylic acids is 3. The fourth-order valence-corrected chi connectivity index (χ4v) is 8.08. The molecule has 0 aromatic rings. The highest BCUT2D eigenvalue weighted by Gasteiger charge is 2.59. The summed E-state index contributed by atoms with van der Waals surface area (Å²) in [6, 6.07) is -1.55. The standard InChI is InChI=1S/C45H85N3O10/c1-3-5-7-9-11-13-15-16-17-18-19-20-22-24-26-31-39(52)48(33-29-25-23-21-14-12-10-8-6-4-2)45(46)41(44(57)43(56)37(35-50)58-45)42(55)36(34-49)47-38(51)30-27-28-32-40(53)54/h36-37,41,43-44,49-50,56-57H,3-35,46H2,1-2H3,(H,47,51)(H,53,54)/t36-,37+,41+,43+,44+,45-/m0/s1. The molecule has 58 heavy (non-hydrogen) atoms. The number of nitrogens with zero attached hydrogens (tertiary/aromatic N) is 1. The van der Waals surface area contributed by atoms with Gasteiger partial charge >= 0.3 is 5.97 Å². The summed E-state index contributed by atoms with van der Waals surface area (Å²) in [6.45, 7) is 2.95. The van der Waals surface area contributed by atoms with Crippen molar-refractivity contribution in [3.05, 3.63) is 0 Å². The van der Waals surface area contributed by atoms with Crippen LogP contribution in [0.4, 0.5) is 0 Å². The van der Waals surface area contributed by atoms with Crippen molar-refractivity contribution in [1.82, 2.24) is 10.2 Å². The zero-order chi connectivity index (χ0) is 43.0. The molecule has 1 aliphatic rings. The van der Waals surface area contributed by atoms with Gasteiger partial charge in [-0.25, -0.2) is 0 Å². The molecule has 13 heteroatoms. The Morgan fingerprint density at radius 3 is 1.47 bits per heavy atom. The van der Waals surface area contributed by atoms with Crippen LogP contribution in [0.5, 0.6) is 0 Å². The molecule has 6 atom stereocenters. The highest BCUT2D eigenvalue weighted by Crippen LogP contribution is 2.36. The number of carboxylic acid groups (broad SMARTS) is 1. The molecule has 0 spiro atoms. The molecule has 0 unspecified atom stereocenters. The number of hydrogen-bond donors (Lipinski definition) is 7. The van der Waals surface area contributed by atoms with E-state index >= 15 is 0 Å². The smallest absolute Gasteiger partial charge is 0.303 e. The third kappa shape index (κ3) is 21.9. The molecule has 0 bridgehead atoms. The Labute approximate surface area is 350 Å². The second-order valence-corrected chi connectivity index (χ2v) is 16.8. The van der Waals surface area contributed by atoms with E-state index in [1.807, 2.05) is 0 Å². The molecule has 0 aromatic heterocycles. The summed E-state index contributed by atoms with van der Waals surface area (Å²) >= 11 is 0. The average molecular weight is 828 g/mol. The van der Waals surface area contributed by atoms with Gasteiger partial charge in [-0.05, 0) is 25.7 Å². The number of ketones is 1. The Hall–Kier alpha value is -2.16. The van der Waals surface area contributed by atoms with Gasteiger partial charge in [0.1, 0.15) is 24.2 Å². The average Bonchev–Trinajstić information content (AvgIpc) is 3.20. The van der Waals surface area contributed by atoms with E-state index in [2.05, 4.69) is 19.2 Å². The minimum Gasteiger partial charge on any atom is -0.481 e. The molecular formula is C45H85N3O10. The number of unbranched alkanes of at least 4 members (excludes halogenated alkanes) is 24. The highest BCUT2D eigenvalue weighted by atomic mass is 16.6. The predicted octanol–water partition coefficient (Wildman–Crippen LogP) is 7.03. The van der Waals surface area contributed by atoms with Gasteiger partial charge in [-0.1, -0.05) is 162 Å². The van der Waals surface area contributed by atoms with Crippen LogP contribution in [0.3, 0.4) is 0 Å². The fourth-order valence-electron chi connectivity index (χ4n) is 8.08. The van der Waals surface area contributed by atoms with Crippen molar-refractivity contribution in [2.24, 2.45) is 11.7 Å². The van der Waals surface area contributed by atoms with E-state index < -0.39 is 67.0 Å². The predicted molar refractivity (Wildman–Crippen MR) is 228 cm³/mol. The summed E-state index contributed by atoms with van der Waals surface area (Å²) in [6.07, 6.45) is 23.6. The lowest BCUT2D eigenvalue weighted by atomic mass is 9.80. The van der Waals surface area contributed by atoms with Crippen molar-refractivity contribution in [3.63, 3.8) is 0 Å². The minimum absolute atomic E-state index is 0.105. The van der Waals surface area contributed by atoms with E-state index in [1.165, 1.54) is 101 Å². The van der Waals surface area contributed by atoms with Gasteiger partial charge in [-0.15, -0.1) is 0 Å². The zero-order valence-corrected chi connectivity index (χ0v) is 36.5. The van der Waals surface area contributed by atoms with Crippen LogP contribution in [0, 0.1) is 5.92 Å². The van der Waals surface area contributed by atoms with Gasteiger partial charge in [0.2, 0.25) is 17.7 Å². The third-order valence-electron chi connectivity index (χ3n) is 11.7. The lowest BCUT2D eigenvalue weighted by molar-refractivity contribution is -0.292. The van der Waals surface area contributed by atoms with Crippen LogP contribution < -0.4 is 11.1 Å². The first-order valence-corrected chi connectivity index (χ1v) is 23.4. The molecule has 1 rings (SSSR count). The van der Waals surface area contributed by atoms with Gasteiger partial charge in [0.15, 0.2) is 5.78 Å². The van der Waals surface area contributed by atoms with Gasteiger partial charge in [0, 0.05) is 25.8 Å². The van der Waals surface area contributed by atoms with Crippen LogP contribution >= 0.6 is 0 Å². The van der Waals surface area contributed by atoms with Crippen molar-refractivity contribution >= 4 is 23.6 Å². The Morgan fingerprint density at radius 2 is 1.03 bits per heavy atom. The van der Waals surface area contributed by atoms with Gasteiger partial charge in [-0.3, -0.25) is 24.9 Å². The van der Waals surface area contributed by atoms with Crippen LogP contribution in [0.2, 0.25) is 0 Å². The molecule has 340 valence electrons. The summed E-state index contributed by atoms with van der Waals surface area (Å²) in [7, 11) is 0. The maximum absolute atomic E-state index is 14.1. The SMILES string of the molecule is CCCCCCCCCCCCCCCCCC(=O)N(CCCCCCCCCCCC)[C@]1(N)O[C@H](CO)[C@@H](O)[C@H](O)[C@H]1C(=O)[C@H](CO)NC(=O)CCCCC(=O)O. The number of ether oxygens (including phenoxy) is 1. The first kappa shape index (κ1) is 53.9. The molecule has 1 aliphatic heterocycles. The minimum atomic E-state index is -2.30. The van der Waals surface area contributed by atoms with Crippen molar-refractivity contribution in [3.8, 4) is 0 Å². The maximum Gasteiger partial charge on any atom is 0.303 e. The summed E-state index contributed by atoms with van der Waals surface area (Å²) < 4.78 is 6.05. The molecule has 13 nitrogen and oxygen atoms in total. The van der Waals surface area contributed by atoms with Crippen LogP contribution in [-0.2, 0) is 23.9 Å². The second kappa shape index (κ2) is 33.5. The van der Waals surface area contributed by atoms with Crippen LogP contribution in [0.25, 0.3) is 0 Å². The van der Waals surface area contributed by atoms with E-state index in [0.29, 0.717) is 12.8 Å². The number of nitrogens with one attached hydrogen (secondary N) is 1. The molecule has 2 amide bonds. The fraction of sp³-hybridized carbons (Fsp3) is 0.911. The first-order valence-electron chi connectivity index (χ1n) is 23.4. The van der Waals surface area contributed by atoms with Crippen molar-refractivity contribution < 1.29 is 49.4 Å². The van der Waals surface area contributed by atoms with E-state index in [9.17, 15) is 39.6 Å². The third-order valence-corrected chi connectivity index (χ3v) is 11.7. The number of aliphatic carboxylic acids is 1. The molecule has 0 saturated carbocycles. The Kier molecular flexibility index (Phi) is 31.1. The number of hydrogen-bond acceptors (Lipinski definition) is 10. The molecule has 0 radical (unpaired) electrons. The number of aliphatic hydroxyl groups excluding tert-OH is 4. The molecule has 1 fully saturated rings. The monoisotopic (exact) mass is 828 g/mol. The topological polar surface area (TPSA) is 220 Å². The van der Waals surface area contributed by atoms with Gasteiger partial charge in [0.05, 0.1) is 19.3 Å². The first-order chi connectivity index (χ1) is 28.0. The number of aliphatic hydroxyl groups is 4. The quantitative estimate of drug-likeness (QED) is 0.0247. The lowest BCUT2D eigenvalue weighted by Gasteiger charge is -2.53. The second-order valence-electron chi connectivity index (χ2n) is 16.8.